The predicted molar refractivity (Wildman–Crippen MR) is 134 cm³/mol. The van der Waals surface area contributed by atoms with Gasteiger partial charge in [0.05, 0.1) is 12.6 Å². The number of benzene rings is 1. The summed E-state index contributed by atoms with van der Waals surface area (Å²) in [6.45, 7) is 13.1. The number of rotatable bonds is 3. The molecular weight excluding hydrogens is 432 g/mol. The molecule has 1 saturated heterocycles. The van der Waals surface area contributed by atoms with Crippen LogP contribution in [0.3, 0.4) is 0 Å². The normalized spacial score (nSPS) is 21.6. The molecule has 1 aromatic heterocycles. The zero-order chi connectivity index (χ0) is 23.8. The number of aryl methyl sites for hydroxylation is 1. The van der Waals surface area contributed by atoms with Crippen molar-refractivity contribution in [1.82, 2.24) is 20.0 Å². The van der Waals surface area contributed by atoms with Gasteiger partial charge in [-0.2, -0.15) is 0 Å². The molecule has 4 rings (SSSR count). The highest BCUT2D eigenvalue weighted by Gasteiger charge is 2.35. The van der Waals surface area contributed by atoms with E-state index in [0.29, 0.717) is 26.2 Å². The van der Waals surface area contributed by atoms with E-state index in [1.807, 2.05) is 48.8 Å². The number of hydrogen-bond donors (Lipinski definition) is 1. The molecule has 3 amide bonds. The third kappa shape index (κ3) is 5.41. The fourth-order valence-electron chi connectivity index (χ4n) is 4.83. The average Bonchev–Trinajstić information content (AvgIpc) is 3.22. The number of nitrogens with one attached hydrogen (secondary N) is 1. The molecule has 1 N–H and O–H groups in total. The van der Waals surface area contributed by atoms with Crippen LogP contribution in [0.15, 0.2) is 35.7 Å². The fraction of sp³-hybridized carbons (Fsp3) is 0.538. The second-order valence-electron chi connectivity index (χ2n) is 10.4. The first-order chi connectivity index (χ1) is 15.6. The summed E-state index contributed by atoms with van der Waals surface area (Å²) in [6.07, 6.45) is 0.986. The van der Waals surface area contributed by atoms with Gasteiger partial charge in [-0.15, -0.1) is 11.3 Å². The van der Waals surface area contributed by atoms with Gasteiger partial charge >= 0.3 is 6.03 Å². The Morgan fingerprint density at radius 3 is 2.48 bits per heavy atom. The van der Waals surface area contributed by atoms with Crippen LogP contribution in [-0.4, -0.2) is 70.9 Å². The molecular formula is C26H36N4O2S. The van der Waals surface area contributed by atoms with E-state index in [4.69, 9.17) is 0 Å². The number of amides is 3. The third-order valence-corrected chi connectivity index (χ3v) is 7.52. The minimum atomic E-state index is -0.274. The Morgan fingerprint density at radius 2 is 1.82 bits per heavy atom. The van der Waals surface area contributed by atoms with E-state index in [1.165, 1.54) is 21.6 Å². The third-order valence-electron chi connectivity index (χ3n) is 6.52. The van der Waals surface area contributed by atoms with Gasteiger partial charge in [-0.25, -0.2) is 4.79 Å². The number of carbonyl (C=O) groups is 2. The molecule has 0 aliphatic carbocycles. The molecule has 0 bridgehead atoms. The first-order valence-electron chi connectivity index (χ1n) is 11.9. The Hall–Kier alpha value is -2.38. The number of thiophene rings is 1. The lowest BCUT2D eigenvalue weighted by Crippen LogP contribution is -2.60. The van der Waals surface area contributed by atoms with Gasteiger partial charge in [0.15, 0.2) is 0 Å². The average molecular weight is 469 g/mol. The van der Waals surface area contributed by atoms with Gasteiger partial charge in [0.25, 0.3) is 0 Å². The standard InChI is InChI=1S/C26H36N4O2S/c1-18-6-8-20(9-7-18)24-21-11-15-33-22(21)10-12-29(24)17-23(31)28-13-14-30(19(2)16-28)25(32)27-26(3,4)5/h6-9,11,15,19,24H,10,12-14,16-17H2,1-5H3,(H,27,32)/t19-,24+/m1/s1. The molecule has 1 fully saturated rings. The highest BCUT2D eigenvalue weighted by molar-refractivity contribution is 7.10. The van der Waals surface area contributed by atoms with E-state index in [1.54, 1.807) is 0 Å². The number of fused-ring (bicyclic) bond motifs is 1. The monoisotopic (exact) mass is 468 g/mol. The molecule has 2 aliphatic heterocycles. The SMILES string of the molecule is Cc1ccc([C@H]2c3ccsc3CCN2CC(=O)N2CCN(C(=O)NC(C)(C)C)[C@H](C)C2)cc1. The lowest BCUT2D eigenvalue weighted by molar-refractivity contribution is -0.135. The van der Waals surface area contributed by atoms with E-state index in [-0.39, 0.29) is 29.6 Å². The molecule has 6 nitrogen and oxygen atoms in total. The van der Waals surface area contributed by atoms with E-state index in [0.717, 1.165) is 13.0 Å². The summed E-state index contributed by atoms with van der Waals surface area (Å²) in [5, 5.41) is 5.21. The molecule has 3 heterocycles. The van der Waals surface area contributed by atoms with Crippen molar-refractivity contribution in [3.63, 3.8) is 0 Å². The summed E-state index contributed by atoms with van der Waals surface area (Å²) in [6, 6.07) is 11.0. The van der Waals surface area contributed by atoms with Gasteiger partial charge in [-0.05, 0) is 63.6 Å². The van der Waals surface area contributed by atoms with E-state index < -0.39 is 0 Å². The van der Waals surface area contributed by atoms with E-state index >= 15 is 0 Å². The molecule has 1 aromatic carbocycles. The predicted octanol–water partition coefficient (Wildman–Crippen LogP) is 4.04. The van der Waals surface area contributed by atoms with Crippen LogP contribution in [0.1, 0.15) is 55.3 Å². The van der Waals surface area contributed by atoms with Gasteiger partial charge in [0.1, 0.15) is 0 Å². The van der Waals surface area contributed by atoms with Crippen LogP contribution in [0.5, 0.6) is 0 Å². The second-order valence-corrected chi connectivity index (χ2v) is 11.4. The van der Waals surface area contributed by atoms with Crippen molar-refractivity contribution in [2.24, 2.45) is 0 Å². The highest BCUT2D eigenvalue weighted by Crippen LogP contribution is 2.37. The van der Waals surface area contributed by atoms with Crippen LogP contribution >= 0.6 is 11.3 Å². The molecule has 7 heteroatoms. The molecule has 2 aliphatic rings. The molecule has 0 spiro atoms. The van der Waals surface area contributed by atoms with Crippen LogP contribution < -0.4 is 5.32 Å². The smallest absolute Gasteiger partial charge is 0.318 e. The quantitative estimate of drug-likeness (QED) is 0.740. The Morgan fingerprint density at radius 1 is 1.09 bits per heavy atom. The maximum Gasteiger partial charge on any atom is 0.318 e. The minimum absolute atomic E-state index is 0.0113. The van der Waals surface area contributed by atoms with E-state index in [2.05, 4.69) is 52.9 Å². The molecule has 2 atom stereocenters. The minimum Gasteiger partial charge on any atom is -0.338 e. The maximum absolute atomic E-state index is 13.4. The van der Waals surface area contributed by atoms with Gasteiger partial charge < -0.3 is 15.1 Å². The topological polar surface area (TPSA) is 55.9 Å². The number of hydrogen-bond acceptors (Lipinski definition) is 4. The van der Waals surface area contributed by atoms with Crippen molar-refractivity contribution in [2.75, 3.05) is 32.7 Å². The number of carbonyl (C=O) groups excluding carboxylic acids is 2. The number of nitrogens with zero attached hydrogens (tertiary/aromatic N) is 3. The summed E-state index contributed by atoms with van der Waals surface area (Å²) in [7, 11) is 0. The van der Waals surface area contributed by atoms with Crippen LogP contribution in [-0.2, 0) is 11.2 Å². The van der Waals surface area contributed by atoms with Crippen LogP contribution in [0, 0.1) is 6.92 Å². The Labute approximate surface area is 201 Å². The van der Waals surface area contributed by atoms with Crippen molar-refractivity contribution in [1.29, 1.82) is 0 Å². The summed E-state index contributed by atoms with van der Waals surface area (Å²) < 4.78 is 0. The summed E-state index contributed by atoms with van der Waals surface area (Å²) in [4.78, 5) is 33.5. The van der Waals surface area contributed by atoms with Crippen molar-refractivity contribution < 1.29 is 9.59 Å². The van der Waals surface area contributed by atoms with Crippen LogP contribution in [0.2, 0.25) is 0 Å². The fourth-order valence-corrected chi connectivity index (χ4v) is 5.73. The van der Waals surface area contributed by atoms with Gasteiger partial charge in [0.2, 0.25) is 5.91 Å². The van der Waals surface area contributed by atoms with Crippen molar-refractivity contribution in [3.8, 4) is 0 Å². The highest BCUT2D eigenvalue weighted by atomic mass is 32.1. The number of piperazine rings is 1. The number of urea groups is 1. The van der Waals surface area contributed by atoms with Crippen molar-refractivity contribution in [2.45, 2.75) is 58.7 Å². The first-order valence-corrected chi connectivity index (χ1v) is 12.7. The van der Waals surface area contributed by atoms with Crippen molar-refractivity contribution in [3.05, 3.63) is 57.3 Å². The Kier molecular flexibility index (Phi) is 6.82. The molecule has 33 heavy (non-hydrogen) atoms. The Bertz CT molecular complexity index is 994. The van der Waals surface area contributed by atoms with Crippen LogP contribution in [0.25, 0.3) is 0 Å². The largest absolute Gasteiger partial charge is 0.338 e. The second kappa shape index (κ2) is 9.47. The zero-order valence-corrected chi connectivity index (χ0v) is 21.2. The molecule has 0 saturated carbocycles. The molecule has 2 aromatic rings. The van der Waals surface area contributed by atoms with Gasteiger partial charge in [-0.3, -0.25) is 9.69 Å². The van der Waals surface area contributed by atoms with Crippen LogP contribution in [0.4, 0.5) is 4.79 Å². The summed E-state index contributed by atoms with van der Waals surface area (Å²) >= 11 is 1.82. The lowest BCUT2D eigenvalue weighted by Gasteiger charge is -2.42. The molecule has 0 radical (unpaired) electrons. The van der Waals surface area contributed by atoms with E-state index in [9.17, 15) is 9.59 Å². The lowest BCUT2D eigenvalue weighted by atomic mass is 9.92. The van der Waals surface area contributed by atoms with Crippen molar-refractivity contribution >= 4 is 23.3 Å². The first kappa shape index (κ1) is 23.8. The molecule has 0 unspecified atom stereocenters. The molecule has 178 valence electrons. The van der Waals surface area contributed by atoms with Gasteiger partial charge in [0, 0.05) is 42.6 Å². The summed E-state index contributed by atoms with van der Waals surface area (Å²) in [5.41, 5.74) is 3.54. The van der Waals surface area contributed by atoms with Gasteiger partial charge in [-0.1, -0.05) is 29.8 Å². The summed E-state index contributed by atoms with van der Waals surface area (Å²) in [5.74, 6) is 0.147. The Balaban J connectivity index is 1.44. The maximum atomic E-state index is 13.4. The zero-order valence-electron chi connectivity index (χ0n) is 20.4.